The summed E-state index contributed by atoms with van der Waals surface area (Å²) in [5.74, 6) is 0.181. The number of halogens is 1. The van der Waals surface area contributed by atoms with Crippen molar-refractivity contribution in [2.45, 2.75) is 19.8 Å². The van der Waals surface area contributed by atoms with Gasteiger partial charge in [0.15, 0.2) is 0 Å². The minimum atomic E-state index is 0.181. The SMILES string of the molecule is Cc1cccc(C(c2ccc(Br)cc2)c2cnc[nH]2)c1C. The van der Waals surface area contributed by atoms with E-state index in [2.05, 4.69) is 82.2 Å². The molecule has 0 fully saturated rings. The van der Waals surface area contributed by atoms with Crippen LogP contribution in [0.4, 0.5) is 0 Å². The van der Waals surface area contributed by atoms with Crippen molar-refractivity contribution in [3.8, 4) is 0 Å². The van der Waals surface area contributed by atoms with E-state index in [0.29, 0.717) is 0 Å². The normalized spacial score (nSPS) is 12.3. The van der Waals surface area contributed by atoms with E-state index >= 15 is 0 Å². The Hall–Kier alpha value is -1.87. The Kier molecular flexibility index (Phi) is 3.93. The molecule has 0 saturated carbocycles. The summed E-state index contributed by atoms with van der Waals surface area (Å²) in [5.41, 5.74) is 6.35. The fraction of sp³-hybridized carbons (Fsp3) is 0.167. The minimum Gasteiger partial charge on any atom is -0.348 e. The second-order valence-electron chi connectivity index (χ2n) is 5.28. The number of nitrogens with zero attached hydrogens (tertiary/aromatic N) is 1. The van der Waals surface area contributed by atoms with Gasteiger partial charge in [-0.1, -0.05) is 46.3 Å². The number of aromatic nitrogens is 2. The average Bonchev–Trinajstić information content (AvgIpc) is 3.00. The molecule has 3 heteroatoms. The third kappa shape index (κ3) is 2.79. The van der Waals surface area contributed by atoms with Crippen molar-refractivity contribution in [2.75, 3.05) is 0 Å². The van der Waals surface area contributed by atoms with E-state index in [1.807, 2.05) is 6.20 Å². The maximum atomic E-state index is 4.20. The first-order valence-corrected chi connectivity index (χ1v) is 7.76. The van der Waals surface area contributed by atoms with Crippen molar-refractivity contribution in [2.24, 2.45) is 0 Å². The Labute approximate surface area is 133 Å². The quantitative estimate of drug-likeness (QED) is 0.716. The molecule has 3 aromatic rings. The lowest BCUT2D eigenvalue weighted by molar-refractivity contribution is 0.917. The number of imidazole rings is 1. The van der Waals surface area contributed by atoms with Crippen molar-refractivity contribution in [1.29, 1.82) is 0 Å². The Bertz CT molecular complexity index is 730. The van der Waals surface area contributed by atoms with Crippen molar-refractivity contribution in [3.63, 3.8) is 0 Å². The van der Waals surface area contributed by atoms with Gasteiger partial charge in [-0.3, -0.25) is 0 Å². The van der Waals surface area contributed by atoms with Crippen LogP contribution in [0.5, 0.6) is 0 Å². The first-order valence-electron chi connectivity index (χ1n) is 6.96. The monoisotopic (exact) mass is 340 g/mol. The van der Waals surface area contributed by atoms with Crippen LogP contribution in [0.25, 0.3) is 0 Å². The molecule has 0 amide bonds. The van der Waals surface area contributed by atoms with Crippen molar-refractivity contribution < 1.29 is 0 Å². The van der Waals surface area contributed by atoms with Crippen LogP contribution in [0.15, 0.2) is 59.5 Å². The molecule has 0 bridgehead atoms. The second-order valence-corrected chi connectivity index (χ2v) is 6.20. The largest absolute Gasteiger partial charge is 0.348 e. The van der Waals surface area contributed by atoms with Gasteiger partial charge in [0.05, 0.1) is 12.2 Å². The Balaban J connectivity index is 2.17. The molecule has 2 nitrogen and oxygen atoms in total. The molecule has 0 radical (unpaired) electrons. The first kappa shape index (κ1) is 14.1. The van der Waals surface area contributed by atoms with Crippen molar-refractivity contribution in [1.82, 2.24) is 9.97 Å². The summed E-state index contributed by atoms with van der Waals surface area (Å²) in [5, 5.41) is 0. The summed E-state index contributed by atoms with van der Waals surface area (Å²) >= 11 is 3.51. The van der Waals surface area contributed by atoms with Crippen LogP contribution in [0, 0.1) is 13.8 Å². The molecule has 3 rings (SSSR count). The van der Waals surface area contributed by atoms with E-state index < -0.39 is 0 Å². The predicted molar refractivity (Wildman–Crippen MR) is 89.6 cm³/mol. The number of aromatic amines is 1. The molecule has 106 valence electrons. The smallest absolute Gasteiger partial charge is 0.0922 e. The molecule has 1 N–H and O–H groups in total. The molecule has 1 heterocycles. The van der Waals surface area contributed by atoms with Crippen LogP contribution in [-0.4, -0.2) is 9.97 Å². The van der Waals surface area contributed by atoms with Crippen LogP contribution in [0.1, 0.15) is 33.9 Å². The standard InChI is InChI=1S/C18H17BrN2/c1-12-4-3-5-16(13(12)2)18(17-10-20-11-21-17)14-6-8-15(19)9-7-14/h3-11,18H,1-2H3,(H,20,21). The molecule has 21 heavy (non-hydrogen) atoms. The molecule has 1 unspecified atom stereocenters. The highest BCUT2D eigenvalue weighted by Crippen LogP contribution is 2.33. The van der Waals surface area contributed by atoms with Crippen LogP contribution in [-0.2, 0) is 0 Å². The summed E-state index contributed by atoms with van der Waals surface area (Å²) in [6.07, 6.45) is 3.65. The summed E-state index contributed by atoms with van der Waals surface area (Å²) in [7, 11) is 0. The molecule has 1 aromatic heterocycles. The van der Waals surface area contributed by atoms with Gasteiger partial charge in [0.1, 0.15) is 0 Å². The summed E-state index contributed by atoms with van der Waals surface area (Å²) in [6.45, 7) is 4.34. The van der Waals surface area contributed by atoms with Crippen LogP contribution < -0.4 is 0 Å². The lowest BCUT2D eigenvalue weighted by Crippen LogP contribution is -2.06. The van der Waals surface area contributed by atoms with E-state index in [-0.39, 0.29) is 5.92 Å². The fourth-order valence-electron chi connectivity index (χ4n) is 2.69. The van der Waals surface area contributed by atoms with Gasteiger partial charge in [-0.15, -0.1) is 0 Å². The number of hydrogen-bond acceptors (Lipinski definition) is 1. The Morgan fingerprint density at radius 1 is 1.05 bits per heavy atom. The highest BCUT2D eigenvalue weighted by atomic mass is 79.9. The summed E-state index contributed by atoms with van der Waals surface area (Å²) in [4.78, 5) is 7.47. The van der Waals surface area contributed by atoms with Gasteiger partial charge in [-0.05, 0) is 48.2 Å². The molecule has 0 aliphatic carbocycles. The zero-order valence-electron chi connectivity index (χ0n) is 12.1. The molecular weight excluding hydrogens is 324 g/mol. The molecule has 0 saturated heterocycles. The van der Waals surface area contributed by atoms with Gasteiger partial charge >= 0.3 is 0 Å². The number of rotatable bonds is 3. The van der Waals surface area contributed by atoms with E-state index in [1.165, 1.54) is 22.3 Å². The van der Waals surface area contributed by atoms with Crippen molar-refractivity contribution >= 4 is 15.9 Å². The number of H-pyrrole nitrogens is 1. The minimum absolute atomic E-state index is 0.181. The summed E-state index contributed by atoms with van der Waals surface area (Å²) < 4.78 is 1.09. The van der Waals surface area contributed by atoms with E-state index in [9.17, 15) is 0 Å². The molecular formula is C18H17BrN2. The highest BCUT2D eigenvalue weighted by Gasteiger charge is 2.20. The van der Waals surface area contributed by atoms with Gasteiger partial charge < -0.3 is 4.98 Å². The van der Waals surface area contributed by atoms with Gasteiger partial charge in [-0.2, -0.15) is 0 Å². The lowest BCUT2D eigenvalue weighted by Gasteiger charge is -2.20. The van der Waals surface area contributed by atoms with Crippen LogP contribution in [0.2, 0.25) is 0 Å². The van der Waals surface area contributed by atoms with Gasteiger partial charge in [0.25, 0.3) is 0 Å². The van der Waals surface area contributed by atoms with E-state index in [0.717, 1.165) is 10.2 Å². The maximum Gasteiger partial charge on any atom is 0.0922 e. The third-order valence-corrected chi connectivity index (χ3v) is 4.52. The zero-order valence-corrected chi connectivity index (χ0v) is 13.7. The van der Waals surface area contributed by atoms with Gasteiger partial charge in [-0.25, -0.2) is 4.98 Å². The Morgan fingerprint density at radius 2 is 1.81 bits per heavy atom. The fourth-order valence-corrected chi connectivity index (χ4v) is 2.96. The molecule has 0 aliphatic rings. The number of aryl methyl sites for hydroxylation is 1. The Morgan fingerprint density at radius 3 is 2.48 bits per heavy atom. The summed E-state index contributed by atoms with van der Waals surface area (Å²) in [6, 6.07) is 15.0. The zero-order chi connectivity index (χ0) is 14.8. The predicted octanol–water partition coefficient (Wildman–Crippen LogP) is 4.97. The number of hydrogen-bond donors (Lipinski definition) is 1. The number of benzene rings is 2. The van der Waals surface area contributed by atoms with Crippen LogP contribution >= 0.6 is 15.9 Å². The van der Waals surface area contributed by atoms with E-state index in [1.54, 1.807) is 6.33 Å². The van der Waals surface area contributed by atoms with E-state index in [4.69, 9.17) is 0 Å². The van der Waals surface area contributed by atoms with Gasteiger partial charge in [0, 0.05) is 16.4 Å². The number of nitrogens with one attached hydrogen (secondary N) is 1. The average molecular weight is 341 g/mol. The molecule has 1 atom stereocenters. The first-order chi connectivity index (χ1) is 10.2. The third-order valence-electron chi connectivity index (χ3n) is 3.99. The van der Waals surface area contributed by atoms with Crippen molar-refractivity contribution in [3.05, 3.63) is 87.4 Å². The molecule has 2 aromatic carbocycles. The highest BCUT2D eigenvalue weighted by molar-refractivity contribution is 9.10. The molecule has 0 spiro atoms. The lowest BCUT2D eigenvalue weighted by atomic mass is 9.85. The second kappa shape index (κ2) is 5.86. The maximum absolute atomic E-state index is 4.20. The molecule has 0 aliphatic heterocycles. The van der Waals surface area contributed by atoms with Crippen LogP contribution in [0.3, 0.4) is 0 Å². The topological polar surface area (TPSA) is 28.7 Å². The van der Waals surface area contributed by atoms with Gasteiger partial charge in [0.2, 0.25) is 0 Å².